The standard InChI is InChI=1S/C13H16F3N3O5.ClH/c14-13(15,16)24-8-3-6(4-8)10-18-19-11(23-10)9-2-1-7(5-22-9)17-12(20)21;/h6-9,17H,1-5H2,(H,20,21);1H/t6?,7-,8?,9+;/m1./s1. The van der Waals surface area contributed by atoms with Gasteiger partial charge in [0.2, 0.25) is 11.8 Å². The summed E-state index contributed by atoms with van der Waals surface area (Å²) < 4.78 is 51.2. The van der Waals surface area contributed by atoms with Crippen LogP contribution in [0.1, 0.15) is 49.5 Å². The van der Waals surface area contributed by atoms with Crippen molar-refractivity contribution in [2.45, 2.75) is 56.2 Å². The molecule has 2 fully saturated rings. The summed E-state index contributed by atoms with van der Waals surface area (Å²) in [6.07, 6.45) is -5.61. The quantitative estimate of drug-likeness (QED) is 0.818. The van der Waals surface area contributed by atoms with Gasteiger partial charge in [0.1, 0.15) is 6.10 Å². The Morgan fingerprint density at radius 1 is 1.24 bits per heavy atom. The van der Waals surface area contributed by atoms with Gasteiger partial charge in [-0.2, -0.15) is 0 Å². The van der Waals surface area contributed by atoms with Gasteiger partial charge in [0.05, 0.1) is 18.8 Å². The maximum Gasteiger partial charge on any atom is 0.522 e. The lowest BCUT2D eigenvalue weighted by Crippen LogP contribution is -2.40. The fourth-order valence-corrected chi connectivity index (χ4v) is 2.83. The van der Waals surface area contributed by atoms with E-state index in [9.17, 15) is 18.0 Å². The molecule has 1 saturated carbocycles. The molecule has 3 rings (SSSR count). The highest BCUT2D eigenvalue weighted by molar-refractivity contribution is 5.85. The van der Waals surface area contributed by atoms with Crippen LogP contribution in [0.15, 0.2) is 4.42 Å². The Balaban J connectivity index is 0.00000225. The van der Waals surface area contributed by atoms with Crippen LogP contribution < -0.4 is 5.32 Å². The highest BCUT2D eigenvalue weighted by Gasteiger charge is 2.42. The van der Waals surface area contributed by atoms with Gasteiger partial charge in [-0.1, -0.05) is 0 Å². The van der Waals surface area contributed by atoms with Gasteiger partial charge in [-0.3, -0.25) is 4.74 Å². The molecule has 0 aromatic carbocycles. The van der Waals surface area contributed by atoms with Crippen molar-refractivity contribution in [1.29, 1.82) is 0 Å². The van der Waals surface area contributed by atoms with Gasteiger partial charge in [0, 0.05) is 5.92 Å². The Kier molecular flexibility index (Phi) is 6.12. The number of alkyl halides is 3. The molecule has 142 valence electrons. The van der Waals surface area contributed by atoms with Gasteiger partial charge in [-0.15, -0.1) is 35.8 Å². The first-order chi connectivity index (χ1) is 11.3. The van der Waals surface area contributed by atoms with Crippen LogP contribution in [-0.2, 0) is 9.47 Å². The molecule has 0 spiro atoms. The van der Waals surface area contributed by atoms with E-state index in [0.29, 0.717) is 12.8 Å². The van der Waals surface area contributed by atoms with Crippen LogP contribution in [-0.4, -0.2) is 46.5 Å². The van der Waals surface area contributed by atoms with E-state index in [4.69, 9.17) is 14.3 Å². The van der Waals surface area contributed by atoms with Crippen LogP contribution in [0.5, 0.6) is 0 Å². The number of amides is 1. The predicted octanol–water partition coefficient (Wildman–Crippen LogP) is 2.76. The number of carboxylic acid groups (broad SMARTS) is 1. The average Bonchev–Trinajstić information content (AvgIpc) is 2.91. The lowest BCUT2D eigenvalue weighted by atomic mass is 9.82. The largest absolute Gasteiger partial charge is 0.522 e. The van der Waals surface area contributed by atoms with Crippen LogP contribution in [0, 0.1) is 0 Å². The Morgan fingerprint density at radius 3 is 2.48 bits per heavy atom. The molecule has 0 bridgehead atoms. The number of rotatable bonds is 4. The molecular weight excluding hydrogens is 371 g/mol. The highest BCUT2D eigenvalue weighted by atomic mass is 35.5. The molecule has 1 amide bonds. The van der Waals surface area contributed by atoms with E-state index in [2.05, 4.69) is 20.3 Å². The summed E-state index contributed by atoms with van der Waals surface area (Å²) in [7, 11) is 0. The number of hydrogen-bond donors (Lipinski definition) is 2. The first-order valence-corrected chi connectivity index (χ1v) is 7.49. The summed E-state index contributed by atoms with van der Waals surface area (Å²) in [5, 5.41) is 18.7. The minimum absolute atomic E-state index is 0. The first-order valence-electron chi connectivity index (χ1n) is 7.49. The van der Waals surface area contributed by atoms with Crippen LogP contribution in [0.3, 0.4) is 0 Å². The van der Waals surface area contributed by atoms with E-state index in [1.165, 1.54) is 0 Å². The number of halogens is 4. The van der Waals surface area contributed by atoms with Gasteiger partial charge in [0.15, 0.2) is 0 Å². The second-order valence-corrected chi connectivity index (χ2v) is 5.88. The molecule has 1 aliphatic heterocycles. The number of nitrogens with one attached hydrogen (secondary N) is 1. The van der Waals surface area contributed by atoms with E-state index < -0.39 is 24.7 Å². The van der Waals surface area contributed by atoms with Gasteiger partial charge in [-0.05, 0) is 25.7 Å². The predicted molar refractivity (Wildman–Crippen MR) is 77.3 cm³/mol. The molecule has 2 aliphatic rings. The second kappa shape index (κ2) is 7.75. The molecule has 2 heterocycles. The van der Waals surface area contributed by atoms with Crippen molar-refractivity contribution in [3.63, 3.8) is 0 Å². The van der Waals surface area contributed by atoms with E-state index >= 15 is 0 Å². The smallest absolute Gasteiger partial charge is 0.465 e. The number of aromatic nitrogens is 2. The lowest BCUT2D eigenvalue weighted by molar-refractivity contribution is -0.352. The van der Waals surface area contributed by atoms with Crippen LogP contribution in [0.4, 0.5) is 18.0 Å². The van der Waals surface area contributed by atoms with Crippen molar-refractivity contribution in [1.82, 2.24) is 15.5 Å². The zero-order valence-electron chi connectivity index (χ0n) is 12.9. The second-order valence-electron chi connectivity index (χ2n) is 5.88. The molecule has 25 heavy (non-hydrogen) atoms. The van der Waals surface area contributed by atoms with E-state index in [1.807, 2.05) is 0 Å². The van der Waals surface area contributed by atoms with Gasteiger partial charge in [0.25, 0.3) is 0 Å². The monoisotopic (exact) mass is 387 g/mol. The van der Waals surface area contributed by atoms with Gasteiger partial charge < -0.3 is 19.6 Å². The summed E-state index contributed by atoms with van der Waals surface area (Å²) in [6.45, 7) is 0.194. The third-order valence-electron chi connectivity index (χ3n) is 4.08. The summed E-state index contributed by atoms with van der Waals surface area (Å²) in [5.74, 6) is 0.295. The van der Waals surface area contributed by atoms with Crippen molar-refractivity contribution in [2.75, 3.05) is 6.61 Å². The molecule has 1 saturated heterocycles. The Hall–Kier alpha value is -1.59. The zero-order chi connectivity index (χ0) is 17.3. The molecule has 1 aromatic rings. The van der Waals surface area contributed by atoms with Crippen LogP contribution in [0.2, 0.25) is 0 Å². The summed E-state index contributed by atoms with van der Waals surface area (Å²) in [4.78, 5) is 10.6. The number of ether oxygens (including phenoxy) is 2. The molecule has 0 radical (unpaired) electrons. The highest BCUT2D eigenvalue weighted by Crippen LogP contribution is 2.41. The number of nitrogens with zero attached hydrogens (tertiary/aromatic N) is 2. The maximum atomic E-state index is 12.1. The minimum atomic E-state index is -4.63. The number of carbonyl (C=O) groups is 1. The molecule has 0 unspecified atom stereocenters. The Labute approximate surface area is 146 Å². The van der Waals surface area contributed by atoms with E-state index in [0.717, 1.165) is 0 Å². The molecule has 1 aromatic heterocycles. The van der Waals surface area contributed by atoms with Gasteiger partial charge >= 0.3 is 12.5 Å². The third-order valence-corrected chi connectivity index (χ3v) is 4.08. The maximum absolute atomic E-state index is 12.1. The lowest BCUT2D eigenvalue weighted by Gasteiger charge is -2.32. The fourth-order valence-electron chi connectivity index (χ4n) is 2.83. The summed E-state index contributed by atoms with van der Waals surface area (Å²) in [6, 6.07) is -0.284. The SMILES string of the molecule is Cl.O=C(O)N[C@@H]1CC[C@@H](c2nnc(C3CC(OC(F)(F)F)C3)o2)OC1. The molecule has 2 atom stereocenters. The zero-order valence-corrected chi connectivity index (χ0v) is 13.7. The molecular formula is C13H17ClF3N3O5. The van der Waals surface area contributed by atoms with Crippen molar-refractivity contribution in [2.24, 2.45) is 0 Å². The summed E-state index contributed by atoms with van der Waals surface area (Å²) in [5.41, 5.74) is 0. The van der Waals surface area contributed by atoms with Crippen molar-refractivity contribution >= 4 is 18.5 Å². The van der Waals surface area contributed by atoms with Crippen molar-refractivity contribution in [3.05, 3.63) is 11.8 Å². The van der Waals surface area contributed by atoms with Crippen molar-refractivity contribution < 1.29 is 37.0 Å². The minimum Gasteiger partial charge on any atom is -0.465 e. The Bertz CT molecular complexity index is 586. The summed E-state index contributed by atoms with van der Waals surface area (Å²) >= 11 is 0. The van der Waals surface area contributed by atoms with Crippen LogP contribution >= 0.6 is 12.4 Å². The first kappa shape index (κ1) is 19.7. The topological polar surface area (TPSA) is 107 Å². The molecule has 2 N–H and O–H groups in total. The third kappa shape index (κ3) is 5.19. The van der Waals surface area contributed by atoms with Gasteiger partial charge in [-0.25, -0.2) is 4.79 Å². The molecule has 1 aliphatic carbocycles. The molecule has 8 nitrogen and oxygen atoms in total. The van der Waals surface area contributed by atoms with E-state index in [-0.39, 0.29) is 55.6 Å². The van der Waals surface area contributed by atoms with E-state index in [1.54, 1.807) is 0 Å². The Morgan fingerprint density at radius 2 is 1.92 bits per heavy atom. The molecule has 12 heteroatoms. The fraction of sp³-hybridized carbons (Fsp3) is 0.769. The van der Waals surface area contributed by atoms with Crippen molar-refractivity contribution in [3.8, 4) is 0 Å². The normalized spacial score (nSPS) is 29.4. The number of hydrogen-bond acceptors (Lipinski definition) is 6. The average molecular weight is 388 g/mol. The van der Waals surface area contributed by atoms with Crippen LogP contribution in [0.25, 0.3) is 0 Å².